The number of aliphatic carboxylic acids is 1. The molecule has 236 valence electrons. The Bertz CT molecular complexity index is 1760. The SMILES string of the molecule is Cc1nc2cc3nn2c(c1[C@H](OC(C)(C)C)C(=O)O)N1CCC(C)(C=CCCCOc2ccc(Cl)cc2-c2cccc-3c2)CC1. The molecule has 3 aliphatic heterocycles. The second-order valence-corrected chi connectivity index (χ2v) is 13.9. The van der Waals surface area contributed by atoms with Crippen molar-refractivity contribution in [1.29, 1.82) is 0 Å². The molecule has 1 atom stereocenters. The Labute approximate surface area is 269 Å². The lowest BCUT2D eigenvalue weighted by molar-refractivity contribution is -0.160. The minimum atomic E-state index is -1.20. The zero-order valence-corrected chi connectivity index (χ0v) is 27.4. The number of nitrogens with zero attached hydrogens (tertiary/aromatic N) is 4. The van der Waals surface area contributed by atoms with Gasteiger partial charge in [-0.1, -0.05) is 48.9 Å². The molecule has 0 spiro atoms. The first-order chi connectivity index (χ1) is 21.4. The highest BCUT2D eigenvalue weighted by atomic mass is 35.5. The van der Waals surface area contributed by atoms with E-state index in [1.165, 1.54) is 0 Å². The van der Waals surface area contributed by atoms with E-state index in [0.717, 1.165) is 72.7 Å². The van der Waals surface area contributed by atoms with Gasteiger partial charge >= 0.3 is 5.97 Å². The Morgan fingerprint density at radius 3 is 2.60 bits per heavy atom. The van der Waals surface area contributed by atoms with Crippen LogP contribution < -0.4 is 9.64 Å². The molecular formula is C36H41ClN4O4. The summed E-state index contributed by atoms with van der Waals surface area (Å²) in [6.45, 7) is 11.9. The summed E-state index contributed by atoms with van der Waals surface area (Å²) < 4.78 is 14.3. The lowest BCUT2D eigenvalue weighted by atomic mass is 9.80. The zero-order valence-electron chi connectivity index (χ0n) is 26.6. The molecule has 0 unspecified atom stereocenters. The number of rotatable bonds is 3. The number of anilines is 1. The normalized spacial score (nSPS) is 17.3. The number of allylic oxidation sites excluding steroid dienone is 2. The third-order valence-electron chi connectivity index (χ3n) is 8.67. The Morgan fingerprint density at radius 2 is 1.87 bits per heavy atom. The van der Waals surface area contributed by atoms with Gasteiger partial charge in [-0.25, -0.2) is 9.78 Å². The van der Waals surface area contributed by atoms with E-state index in [-0.39, 0.29) is 5.41 Å². The van der Waals surface area contributed by atoms with E-state index >= 15 is 0 Å². The fourth-order valence-corrected chi connectivity index (χ4v) is 6.47. The number of benzene rings is 2. The smallest absolute Gasteiger partial charge is 0.337 e. The molecule has 0 aliphatic carbocycles. The van der Waals surface area contributed by atoms with Gasteiger partial charge in [0.2, 0.25) is 0 Å². The second-order valence-electron chi connectivity index (χ2n) is 13.4. The van der Waals surface area contributed by atoms with E-state index in [0.29, 0.717) is 28.5 Å². The molecule has 4 aromatic rings. The highest BCUT2D eigenvalue weighted by Crippen LogP contribution is 2.41. The van der Waals surface area contributed by atoms with Gasteiger partial charge in [-0.15, -0.1) is 0 Å². The molecule has 5 heterocycles. The first kappa shape index (κ1) is 31.1. The summed E-state index contributed by atoms with van der Waals surface area (Å²) in [5, 5.41) is 16.2. The number of piperidine rings is 1. The summed E-state index contributed by atoms with van der Waals surface area (Å²) in [5.41, 5.74) is 4.68. The van der Waals surface area contributed by atoms with Gasteiger partial charge in [-0.2, -0.15) is 9.61 Å². The lowest BCUT2D eigenvalue weighted by Gasteiger charge is -2.40. The highest BCUT2D eigenvalue weighted by molar-refractivity contribution is 6.31. The Kier molecular flexibility index (Phi) is 8.39. The molecule has 45 heavy (non-hydrogen) atoms. The number of fused-ring (bicyclic) bond motifs is 6. The molecule has 1 fully saturated rings. The fraction of sp³-hybridized carbons (Fsp3) is 0.417. The summed E-state index contributed by atoms with van der Waals surface area (Å²) >= 11 is 6.45. The molecule has 1 N–H and O–H groups in total. The number of aromatic nitrogens is 3. The molecule has 6 bridgehead atoms. The number of halogens is 1. The molecule has 7 rings (SSSR count). The second kappa shape index (κ2) is 12.1. The lowest BCUT2D eigenvalue weighted by Crippen LogP contribution is -2.40. The van der Waals surface area contributed by atoms with Crippen molar-refractivity contribution in [2.45, 2.75) is 72.0 Å². The van der Waals surface area contributed by atoms with Crippen molar-refractivity contribution in [3.63, 3.8) is 0 Å². The molecule has 0 radical (unpaired) electrons. The van der Waals surface area contributed by atoms with Crippen molar-refractivity contribution in [1.82, 2.24) is 14.6 Å². The molecular weight excluding hydrogens is 588 g/mol. The van der Waals surface area contributed by atoms with E-state index in [4.69, 9.17) is 31.2 Å². The maximum Gasteiger partial charge on any atom is 0.337 e. The number of carbonyl (C=O) groups is 1. The molecule has 2 aromatic carbocycles. The zero-order chi connectivity index (χ0) is 31.9. The number of hydrogen-bond donors (Lipinski definition) is 1. The van der Waals surface area contributed by atoms with Crippen molar-refractivity contribution in [3.8, 4) is 28.1 Å². The van der Waals surface area contributed by atoms with Crippen molar-refractivity contribution in [3.05, 3.63) is 77.0 Å². The average Bonchev–Trinajstić information content (AvgIpc) is 3.41. The van der Waals surface area contributed by atoms with E-state index < -0.39 is 17.7 Å². The van der Waals surface area contributed by atoms with Crippen LogP contribution in [0.3, 0.4) is 0 Å². The standard InChI is InChI=1S/C36H41ClN4O4/c1-23-31(32(34(42)43)45-35(2,3)4)33-40-17-15-36(5,16-18-40)14-7-6-8-19-44-29-13-12-26(37)21-27(29)24-10-9-11-25(20-24)28-22-30(38-23)41(33)39-28/h7,9-14,20-22,32H,6,8,15-19H2,1-5H3,(H,42,43)/t32-/m0/s1. The molecule has 9 heteroatoms. The maximum absolute atomic E-state index is 12.8. The van der Waals surface area contributed by atoms with Crippen LogP contribution in [0.4, 0.5) is 5.82 Å². The number of aryl methyl sites for hydroxylation is 1. The van der Waals surface area contributed by atoms with Gasteiger partial charge in [-0.3, -0.25) is 0 Å². The Hall–Kier alpha value is -3.88. The fourth-order valence-electron chi connectivity index (χ4n) is 6.30. The topological polar surface area (TPSA) is 89.2 Å². The predicted molar refractivity (Wildman–Crippen MR) is 178 cm³/mol. The van der Waals surface area contributed by atoms with Crippen LogP contribution >= 0.6 is 11.6 Å². The van der Waals surface area contributed by atoms with Crippen LogP contribution in [0.5, 0.6) is 5.75 Å². The van der Waals surface area contributed by atoms with Crippen LogP contribution in [0, 0.1) is 12.3 Å². The van der Waals surface area contributed by atoms with Gasteiger partial charge in [0, 0.05) is 41.0 Å². The minimum Gasteiger partial charge on any atom is -0.493 e. The van der Waals surface area contributed by atoms with Crippen molar-refractivity contribution in [2.24, 2.45) is 5.41 Å². The molecule has 2 aromatic heterocycles. The van der Waals surface area contributed by atoms with Gasteiger partial charge in [0.15, 0.2) is 11.8 Å². The minimum absolute atomic E-state index is 0.0352. The maximum atomic E-state index is 12.8. The van der Waals surface area contributed by atoms with Gasteiger partial charge in [0.25, 0.3) is 0 Å². The average molecular weight is 629 g/mol. The first-order valence-electron chi connectivity index (χ1n) is 15.7. The molecule has 3 aliphatic rings. The number of carboxylic acid groups (broad SMARTS) is 1. The summed E-state index contributed by atoms with van der Waals surface area (Å²) in [6, 6.07) is 15.8. The van der Waals surface area contributed by atoms with Gasteiger partial charge in [-0.05, 0) is 88.6 Å². The van der Waals surface area contributed by atoms with Gasteiger partial charge < -0.3 is 19.5 Å². The molecule has 0 saturated carbocycles. The Morgan fingerprint density at radius 1 is 1.11 bits per heavy atom. The molecule has 1 saturated heterocycles. The summed E-state index contributed by atoms with van der Waals surface area (Å²) in [5.74, 6) is 0.464. The van der Waals surface area contributed by atoms with Crippen LogP contribution in [0.15, 0.2) is 60.7 Å². The summed E-state index contributed by atoms with van der Waals surface area (Å²) in [7, 11) is 0. The first-order valence-corrected chi connectivity index (χ1v) is 16.1. The van der Waals surface area contributed by atoms with E-state index in [9.17, 15) is 9.90 Å². The van der Waals surface area contributed by atoms with Crippen molar-refractivity contribution >= 4 is 29.0 Å². The molecule has 8 nitrogen and oxygen atoms in total. The summed E-state index contributed by atoms with van der Waals surface area (Å²) in [4.78, 5) is 19.9. The van der Waals surface area contributed by atoms with Crippen LogP contribution in [0.2, 0.25) is 5.02 Å². The van der Waals surface area contributed by atoms with Gasteiger partial charge in [0.05, 0.1) is 23.5 Å². The predicted octanol–water partition coefficient (Wildman–Crippen LogP) is 8.30. The third kappa shape index (κ3) is 6.58. The Balaban J connectivity index is 1.56. The van der Waals surface area contributed by atoms with Crippen LogP contribution in [-0.2, 0) is 9.53 Å². The highest BCUT2D eigenvalue weighted by Gasteiger charge is 2.37. The van der Waals surface area contributed by atoms with Gasteiger partial charge in [0.1, 0.15) is 11.6 Å². The number of ether oxygens (including phenoxy) is 2. The van der Waals surface area contributed by atoms with Crippen LogP contribution in [0.1, 0.15) is 70.7 Å². The van der Waals surface area contributed by atoms with Crippen LogP contribution in [-0.4, -0.2) is 51.0 Å². The van der Waals surface area contributed by atoms with Crippen molar-refractivity contribution < 1.29 is 19.4 Å². The van der Waals surface area contributed by atoms with Crippen LogP contribution in [0.25, 0.3) is 28.0 Å². The van der Waals surface area contributed by atoms with E-state index in [2.05, 4.69) is 30.0 Å². The van der Waals surface area contributed by atoms with E-state index in [1.54, 1.807) is 0 Å². The number of carboxylic acids is 1. The largest absolute Gasteiger partial charge is 0.493 e. The number of hydrogen-bond acceptors (Lipinski definition) is 6. The monoisotopic (exact) mass is 628 g/mol. The van der Waals surface area contributed by atoms with E-state index in [1.807, 2.05) is 74.7 Å². The third-order valence-corrected chi connectivity index (χ3v) is 8.91. The van der Waals surface area contributed by atoms with Crippen molar-refractivity contribution in [2.75, 3.05) is 24.6 Å². The quantitative estimate of drug-likeness (QED) is 0.228. The summed E-state index contributed by atoms with van der Waals surface area (Å²) in [6.07, 6.45) is 7.09. The molecule has 0 amide bonds.